The first-order valence-corrected chi connectivity index (χ1v) is 8.71. The Morgan fingerprint density at radius 2 is 1.80 bits per heavy atom. The first-order chi connectivity index (χ1) is 9.52. The highest BCUT2D eigenvalue weighted by atomic mass is 16.6. The summed E-state index contributed by atoms with van der Waals surface area (Å²) in [7, 11) is 1.87. The van der Waals surface area contributed by atoms with Gasteiger partial charge in [0.2, 0.25) is 0 Å². The van der Waals surface area contributed by atoms with Crippen molar-refractivity contribution in [3.05, 3.63) is 0 Å². The van der Waals surface area contributed by atoms with Gasteiger partial charge in [-0.3, -0.25) is 0 Å². The molecule has 0 aromatic rings. The summed E-state index contributed by atoms with van der Waals surface area (Å²) in [4.78, 5) is 0. The molecule has 20 heavy (non-hydrogen) atoms. The SMILES string of the molecule is COCC1(C)CCCC2(C)C1CCC13CCCCC12O3. The second kappa shape index (κ2) is 4.01. The van der Waals surface area contributed by atoms with Crippen LogP contribution in [0.15, 0.2) is 0 Å². The van der Waals surface area contributed by atoms with E-state index in [9.17, 15) is 0 Å². The van der Waals surface area contributed by atoms with E-state index in [-0.39, 0.29) is 5.60 Å². The molecule has 5 atom stereocenters. The van der Waals surface area contributed by atoms with Crippen LogP contribution in [0.3, 0.4) is 0 Å². The lowest BCUT2D eigenvalue weighted by Gasteiger charge is -2.58. The lowest BCUT2D eigenvalue weighted by Crippen LogP contribution is -2.58. The highest BCUT2D eigenvalue weighted by Gasteiger charge is 2.81. The molecule has 1 saturated heterocycles. The Kier molecular flexibility index (Phi) is 2.72. The van der Waals surface area contributed by atoms with E-state index in [1.165, 1.54) is 57.8 Å². The Morgan fingerprint density at radius 3 is 2.60 bits per heavy atom. The minimum atomic E-state index is 0.247. The fourth-order valence-electron chi connectivity index (χ4n) is 6.93. The molecule has 4 aliphatic rings. The van der Waals surface area contributed by atoms with Gasteiger partial charge in [-0.15, -0.1) is 0 Å². The number of rotatable bonds is 2. The van der Waals surface area contributed by atoms with E-state index in [1.54, 1.807) is 0 Å². The molecule has 3 aliphatic carbocycles. The molecule has 3 saturated carbocycles. The molecule has 0 N–H and O–H groups in total. The van der Waals surface area contributed by atoms with E-state index in [0.717, 1.165) is 12.5 Å². The summed E-state index contributed by atoms with van der Waals surface area (Å²) in [5.41, 5.74) is 1.31. The Bertz CT molecular complexity index is 418. The molecule has 1 heterocycles. The van der Waals surface area contributed by atoms with E-state index >= 15 is 0 Å². The highest BCUT2D eigenvalue weighted by molar-refractivity contribution is 5.29. The van der Waals surface area contributed by atoms with Crippen molar-refractivity contribution in [3.63, 3.8) is 0 Å². The molecule has 0 bridgehead atoms. The van der Waals surface area contributed by atoms with Crippen LogP contribution < -0.4 is 0 Å². The lowest BCUT2D eigenvalue weighted by atomic mass is 9.44. The first-order valence-electron chi connectivity index (χ1n) is 8.71. The van der Waals surface area contributed by atoms with E-state index in [4.69, 9.17) is 9.47 Å². The van der Waals surface area contributed by atoms with Gasteiger partial charge < -0.3 is 9.47 Å². The molecule has 1 aliphatic heterocycles. The maximum Gasteiger partial charge on any atom is 0.104 e. The van der Waals surface area contributed by atoms with Crippen molar-refractivity contribution in [2.45, 2.75) is 82.8 Å². The van der Waals surface area contributed by atoms with Crippen LogP contribution in [0.1, 0.15) is 71.6 Å². The molecule has 0 spiro atoms. The van der Waals surface area contributed by atoms with Gasteiger partial charge in [0.15, 0.2) is 0 Å². The third-order valence-electron chi connectivity index (χ3n) is 7.71. The molecular formula is C18H30O2. The monoisotopic (exact) mass is 278 g/mol. The summed E-state index contributed by atoms with van der Waals surface area (Å²) in [6.45, 7) is 5.97. The smallest absolute Gasteiger partial charge is 0.104 e. The van der Waals surface area contributed by atoms with Gasteiger partial charge in [0.25, 0.3) is 0 Å². The summed E-state index contributed by atoms with van der Waals surface area (Å²) in [5, 5.41) is 0. The molecule has 4 fully saturated rings. The Morgan fingerprint density at radius 1 is 1.00 bits per heavy atom. The van der Waals surface area contributed by atoms with Crippen LogP contribution in [0.5, 0.6) is 0 Å². The quantitative estimate of drug-likeness (QED) is 0.702. The van der Waals surface area contributed by atoms with E-state index in [1.807, 2.05) is 7.11 Å². The molecule has 2 heteroatoms. The average molecular weight is 278 g/mol. The van der Waals surface area contributed by atoms with Gasteiger partial charge >= 0.3 is 0 Å². The van der Waals surface area contributed by atoms with Gasteiger partial charge in [-0.25, -0.2) is 0 Å². The van der Waals surface area contributed by atoms with Gasteiger partial charge in [-0.2, -0.15) is 0 Å². The van der Waals surface area contributed by atoms with Gasteiger partial charge in [-0.1, -0.05) is 33.1 Å². The summed E-state index contributed by atoms with van der Waals surface area (Å²) < 4.78 is 12.2. The van der Waals surface area contributed by atoms with E-state index in [0.29, 0.717) is 16.4 Å². The third kappa shape index (κ3) is 1.38. The Balaban J connectivity index is 1.72. The number of fused-ring (bicyclic) bond motifs is 1. The molecule has 0 aromatic carbocycles. The molecule has 0 aromatic heterocycles. The Labute approximate surface area is 123 Å². The molecule has 4 rings (SSSR count). The minimum Gasteiger partial charge on any atom is -0.384 e. The number of methoxy groups -OCH3 is 1. The predicted octanol–water partition coefficient (Wildman–Crippen LogP) is 4.32. The van der Waals surface area contributed by atoms with Gasteiger partial charge in [0.05, 0.1) is 12.2 Å². The van der Waals surface area contributed by atoms with Gasteiger partial charge in [0.1, 0.15) is 5.60 Å². The molecule has 2 nitrogen and oxygen atoms in total. The molecule has 0 radical (unpaired) electrons. The fourth-order valence-corrected chi connectivity index (χ4v) is 6.93. The topological polar surface area (TPSA) is 21.8 Å². The first kappa shape index (κ1) is 13.6. The maximum atomic E-state index is 6.62. The fraction of sp³-hybridized carbons (Fsp3) is 1.00. The Hall–Kier alpha value is -0.0800. The van der Waals surface area contributed by atoms with Crippen LogP contribution in [-0.4, -0.2) is 24.9 Å². The summed E-state index contributed by atoms with van der Waals surface area (Å²) in [6.07, 6.45) is 12.2. The molecule has 0 amide bonds. The van der Waals surface area contributed by atoms with Gasteiger partial charge in [0, 0.05) is 12.5 Å². The number of ether oxygens (including phenoxy) is 2. The van der Waals surface area contributed by atoms with E-state index < -0.39 is 0 Å². The number of hydrogen-bond donors (Lipinski definition) is 0. The van der Waals surface area contributed by atoms with Crippen LogP contribution in [0.25, 0.3) is 0 Å². The van der Waals surface area contributed by atoms with E-state index in [2.05, 4.69) is 13.8 Å². The largest absolute Gasteiger partial charge is 0.384 e. The van der Waals surface area contributed by atoms with Crippen LogP contribution in [0.4, 0.5) is 0 Å². The summed E-state index contributed by atoms with van der Waals surface area (Å²) in [6, 6.07) is 0. The lowest BCUT2D eigenvalue weighted by molar-refractivity contribution is -0.109. The summed E-state index contributed by atoms with van der Waals surface area (Å²) in [5.74, 6) is 0.789. The van der Waals surface area contributed by atoms with Crippen LogP contribution in [0, 0.1) is 16.7 Å². The zero-order chi connectivity index (χ0) is 14.1. The van der Waals surface area contributed by atoms with Gasteiger partial charge in [-0.05, 0) is 49.9 Å². The van der Waals surface area contributed by atoms with Crippen LogP contribution >= 0.6 is 0 Å². The minimum absolute atomic E-state index is 0.247. The molecule has 5 unspecified atom stereocenters. The third-order valence-corrected chi connectivity index (χ3v) is 7.71. The summed E-state index contributed by atoms with van der Waals surface area (Å²) >= 11 is 0. The van der Waals surface area contributed by atoms with Crippen molar-refractivity contribution in [2.75, 3.05) is 13.7 Å². The zero-order valence-corrected chi connectivity index (χ0v) is 13.5. The van der Waals surface area contributed by atoms with Crippen LogP contribution in [0.2, 0.25) is 0 Å². The normalized spacial score (nSPS) is 57.5. The second-order valence-corrected chi connectivity index (χ2v) is 8.58. The molecule has 114 valence electrons. The number of epoxide rings is 1. The average Bonchev–Trinajstić information content (AvgIpc) is 3.10. The predicted molar refractivity (Wildman–Crippen MR) is 79.7 cm³/mol. The van der Waals surface area contributed by atoms with Crippen molar-refractivity contribution in [3.8, 4) is 0 Å². The zero-order valence-electron chi connectivity index (χ0n) is 13.5. The van der Waals surface area contributed by atoms with Crippen LogP contribution in [-0.2, 0) is 9.47 Å². The highest BCUT2D eigenvalue weighted by Crippen LogP contribution is 2.76. The van der Waals surface area contributed by atoms with Crippen molar-refractivity contribution < 1.29 is 9.47 Å². The second-order valence-electron chi connectivity index (χ2n) is 8.58. The number of hydrogen-bond acceptors (Lipinski definition) is 2. The van der Waals surface area contributed by atoms with Crippen molar-refractivity contribution in [1.82, 2.24) is 0 Å². The maximum absolute atomic E-state index is 6.62. The standard InChI is InChI=1S/C18H30O2/c1-15(13-19-3)8-6-9-16(2)14(15)7-12-17-10-4-5-11-18(16,17)20-17/h14H,4-13H2,1-3H3. The van der Waals surface area contributed by atoms with Crippen molar-refractivity contribution in [2.24, 2.45) is 16.7 Å². The van der Waals surface area contributed by atoms with Crippen molar-refractivity contribution in [1.29, 1.82) is 0 Å². The van der Waals surface area contributed by atoms with Crippen molar-refractivity contribution >= 4 is 0 Å². The molecular weight excluding hydrogens is 248 g/mol.